The summed E-state index contributed by atoms with van der Waals surface area (Å²) >= 11 is 0. The van der Waals surface area contributed by atoms with E-state index in [1.54, 1.807) is 4.90 Å². The lowest BCUT2D eigenvalue weighted by Gasteiger charge is -2.34. The molecule has 2 amide bonds. The summed E-state index contributed by atoms with van der Waals surface area (Å²) in [4.78, 5) is 32.1. The zero-order valence-electron chi connectivity index (χ0n) is 17.8. The molecule has 0 atom stereocenters. The van der Waals surface area contributed by atoms with Crippen LogP contribution in [0.2, 0.25) is 0 Å². The molecule has 2 fully saturated rings. The van der Waals surface area contributed by atoms with Gasteiger partial charge in [-0.2, -0.15) is 4.98 Å². The molecule has 10 nitrogen and oxygen atoms in total. The number of aromatic nitrogens is 3. The van der Waals surface area contributed by atoms with Crippen molar-refractivity contribution in [2.75, 3.05) is 42.7 Å². The van der Waals surface area contributed by atoms with Gasteiger partial charge in [0, 0.05) is 50.5 Å². The van der Waals surface area contributed by atoms with Gasteiger partial charge in [-0.1, -0.05) is 0 Å². The maximum atomic E-state index is 12.2. The number of nitrogens with zero attached hydrogens (tertiary/aromatic N) is 5. The topological polar surface area (TPSA) is 129 Å². The monoisotopic (exact) mass is 424 g/mol. The smallest absolute Gasteiger partial charge is 0.273 e. The van der Waals surface area contributed by atoms with Crippen LogP contribution in [0.15, 0.2) is 24.3 Å². The molecular weight excluding hydrogens is 396 g/mol. The zero-order chi connectivity index (χ0) is 22.0. The van der Waals surface area contributed by atoms with E-state index in [0.29, 0.717) is 17.8 Å². The van der Waals surface area contributed by atoms with Crippen LogP contribution in [0.1, 0.15) is 36.2 Å². The number of amides is 2. The van der Waals surface area contributed by atoms with Crippen LogP contribution in [-0.4, -0.2) is 65.1 Å². The molecule has 2 heterocycles. The van der Waals surface area contributed by atoms with E-state index >= 15 is 0 Å². The van der Waals surface area contributed by atoms with E-state index in [-0.39, 0.29) is 17.5 Å². The number of carbonyl (C=O) groups is 2. The number of primary amides is 1. The highest BCUT2D eigenvalue weighted by Gasteiger charge is 2.26. The molecule has 1 aliphatic heterocycles. The van der Waals surface area contributed by atoms with Crippen LogP contribution in [0.3, 0.4) is 0 Å². The quantitative estimate of drug-likeness (QED) is 0.611. The van der Waals surface area contributed by atoms with Crippen LogP contribution in [0, 0.1) is 5.92 Å². The van der Waals surface area contributed by atoms with Gasteiger partial charge in [-0.25, -0.2) is 0 Å². The van der Waals surface area contributed by atoms with Gasteiger partial charge < -0.3 is 26.2 Å². The molecule has 0 unspecified atom stereocenters. The molecule has 10 heteroatoms. The standard InChI is InChI=1S/C21H28N8O2/c1-28(2)20(31)13-9-11-29(12-10-13)16-7-5-15(6-8-16)24-21-25-19(23-14-3-4-14)17(18(22)30)26-27-21/h5-8,13-14H,3-4,9-12H2,1-2H3,(H2,22,30)(H2,23,24,25,27). The third-order valence-corrected chi connectivity index (χ3v) is 5.61. The maximum absolute atomic E-state index is 12.2. The molecule has 2 aromatic rings. The third kappa shape index (κ3) is 5.01. The predicted molar refractivity (Wildman–Crippen MR) is 118 cm³/mol. The lowest BCUT2D eigenvalue weighted by molar-refractivity contribution is -0.133. The van der Waals surface area contributed by atoms with Gasteiger partial charge in [-0.05, 0) is 49.9 Å². The van der Waals surface area contributed by atoms with Gasteiger partial charge in [-0.3, -0.25) is 9.59 Å². The lowest BCUT2D eigenvalue weighted by atomic mass is 9.95. The lowest BCUT2D eigenvalue weighted by Crippen LogP contribution is -2.40. The molecule has 1 saturated heterocycles. The van der Waals surface area contributed by atoms with Gasteiger partial charge in [0.25, 0.3) is 5.91 Å². The third-order valence-electron chi connectivity index (χ3n) is 5.61. The summed E-state index contributed by atoms with van der Waals surface area (Å²) in [6.45, 7) is 1.71. The van der Waals surface area contributed by atoms with Gasteiger partial charge in [0.2, 0.25) is 11.9 Å². The number of piperidine rings is 1. The Morgan fingerprint density at radius 3 is 2.32 bits per heavy atom. The highest BCUT2D eigenvalue weighted by molar-refractivity contribution is 5.95. The van der Waals surface area contributed by atoms with Crippen molar-refractivity contribution in [3.63, 3.8) is 0 Å². The number of nitrogens with two attached hydrogens (primary N) is 1. The molecule has 4 N–H and O–H groups in total. The number of nitrogens with one attached hydrogen (secondary N) is 2. The van der Waals surface area contributed by atoms with Crippen molar-refractivity contribution in [1.82, 2.24) is 20.1 Å². The van der Waals surface area contributed by atoms with E-state index in [2.05, 4.69) is 30.7 Å². The molecule has 31 heavy (non-hydrogen) atoms. The van der Waals surface area contributed by atoms with Crippen LogP contribution in [0.25, 0.3) is 0 Å². The molecule has 0 spiro atoms. The van der Waals surface area contributed by atoms with Crippen molar-refractivity contribution in [3.05, 3.63) is 30.0 Å². The van der Waals surface area contributed by atoms with E-state index in [0.717, 1.165) is 50.1 Å². The van der Waals surface area contributed by atoms with E-state index in [1.807, 2.05) is 38.4 Å². The van der Waals surface area contributed by atoms with Gasteiger partial charge in [0.1, 0.15) is 0 Å². The minimum atomic E-state index is -0.657. The first-order valence-corrected chi connectivity index (χ1v) is 10.5. The minimum absolute atomic E-state index is 0.0453. The first kappa shape index (κ1) is 20.8. The van der Waals surface area contributed by atoms with Crippen LogP contribution >= 0.6 is 0 Å². The number of carbonyl (C=O) groups excluding carboxylic acids is 2. The summed E-state index contributed by atoms with van der Waals surface area (Å²) in [5.41, 5.74) is 7.34. The van der Waals surface area contributed by atoms with E-state index in [9.17, 15) is 9.59 Å². The zero-order valence-corrected chi connectivity index (χ0v) is 17.8. The number of benzene rings is 1. The Bertz CT molecular complexity index is 950. The summed E-state index contributed by atoms with van der Waals surface area (Å²) in [5, 5.41) is 14.2. The Balaban J connectivity index is 1.39. The van der Waals surface area contributed by atoms with Gasteiger partial charge in [-0.15, -0.1) is 10.2 Å². The highest BCUT2D eigenvalue weighted by atomic mass is 16.2. The largest absolute Gasteiger partial charge is 0.371 e. The highest BCUT2D eigenvalue weighted by Crippen LogP contribution is 2.27. The molecule has 4 rings (SSSR count). The number of hydrogen-bond acceptors (Lipinski definition) is 8. The molecule has 1 aromatic carbocycles. The van der Waals surface area contributed by atoms with Gasteiger partial charge in [0.05, 0.1) is 0 Å². The Kier molecular flexibility index (Phi) is 5.88. The van der Waals surface area contributed by atoms with E-state index in [1.165, 1.54) is 0 Å². The predicted octanol–water partition coefficient (Wildman–Crippen LogP) is 1.59. The summed E-state index contributed by atoms with van der Waals surface area (Å²) in [7, 11) is 3.62. The van der Waals surface area contributed by atoms with Gasteiger partial charge in [0.15, 0.2) is 11.5 Å². The van der Waals surface area contributed by atoms with Crippen LogP contribution < -0.4 is 21.3 Å². The number of rotatable bonds is 7. The first-order valence-electron chi connectivity index (χ1n) is 10.5. The normalized spacial score (nSPS) is 16.6. The SMILES string of the molecule is CN(C)C(=O)C1CCN(c2ccc(Nc3nnc(C(N)=O)c(NC4CC4)n3)cc2)CC1. The fourth-order valence-corrected chi connectivity index (χ4v) is 3.70. The Morgan fingerprint density at radius 1 is 1.06 bits per heavy atom. The van der Waals surface area contributed by atoms with Gasteiger partial charge >= 0.3 is 0 Å². The molecule has 0 radical (unpaired) electrons. The summed E-state index contributed by atoms with van der Waals surface area (Å²) < 4.78 is 0. The van der Waals surface area contributed by atoms with Crippen molar-refractivity contribution < 1.29 is 9.59 Å². The Morgan fingerprint density at radius 2 is 1.74 bits per heavy atom. The van der Waals surface area contributed by atoms with E-state index < -0.39 is 5.91 Å². The second-order valence-electron chi connectivity index (χ2n) is 8.28. The molecule has 1 saturated carbocycles. The molecule has 1 aromatic heterocycles. The van der Waals surface area contributed by atoms with E-state index in [4.69, 9.17) is 5.73 Å². The summed E-state index contributed by atoms with van der Waals surface area (Å²) in [6, 6.07) is 8.27. The second kappa shape index (κ2) is 8.75. The maximum Gasteiger partial charge on any atom is 0.273 e. The summed E-state index contributed by atoms with van der Waals surface area (Å²) in [5.74, 6) is 0.322. The summed E-state index contributed by atoms with van der Waals surface area (Å²) in [6.07, 6.45) is 3.79. The van der Waals surface area contributed by atoms with Crippen molar-refractivity contribution in [3.8, 4) is 0 Å². The minimum Gasteiger partial charge on any atom is -0.371 e. The first-order chi connectivity index (χ1) is 14.9. The van der Waals surface area contributed by atoms with Crippen molar-refractivity contribution in [2.45, 2.75) is 31.7 Å². The van der Waals surface area contributed by atoms with Crippen LogP contribution in [-0.2, 0) is 4.79 Å². The molecule has 164 valence electrons. The van der Waals surface area contributed by atoms with Crippen LogP contribution in [0.5, 0.6) is 0 Å². The molecule has 1 aliphatic carbocycles. The number of anilines is 4. The molecular formula is C21H28N8O2. The average molecular weight is 425 g/mol. The van der Waals surface area contributed by atoms with Crippen molar-refractivity contribution in [1.29, 1.82) is 0 Å². The molecule has 2 aliphatic rings. The molecule has 0 bridgehead atoms. The second-order valence-corrected chi connectivity index (χ2v) is 8.28. The Labute approximate surface area is 181 Å². The fraction of sp³-hybridized carbons (Fsp3) is 0.476. The average Bonchev–Trinajstić information content (AvgIpc) is 3.58. The van der Waals surface area contributed by atoms with Crippen LogP contribution in [0.4, 0.5) is 23.1 Å². The van der Waals surface area contributed by atoms with Crippen molar-refractivity contribution in [2.24, 2.45) is 11.7 Å². The number of hydrogen-bond donors (Lipinski definition) is 3. The Hall–Kier alpha value is -3.43. The van der Waals surface area contributed by atoms with Crippen molar-refractivity contribution >= 4 is 35.0 Å². The fourth-order valence-electron chi connectivity index (χ4n) is 3.70.